The fourth-order valence-electron chi connectivity index (χ4n) is 2.33. The van der Waals surface area contributed by atoms with Gasteiger partial charge in [-0.3, -0.25) is 4.90 Å². The zero-order valence-corrected chi connectivity index (χ0v) is 10.3. The van der Waals surface area contributed by atoms with Crippen LogP contribution in [-0.2, 0) is 13.1 Å². The Balaban J connectivity index is 1.97. The molecule has 0 radical (unpaired) electrons. The second-order valence-corrected chi connectivity index (χ2v) is 4.69. The van der Waals surface area contributed by atoms with Crippen LogP contribution in [0.4, 0.5) is 0 Å². The molecule has 2 rings (SSSR count). The molecular weight excluding hydrogens is 200 g/mol. The second-order valence-electron chi connectivity index (χ2n) is 4.69. The van der Waals surface area contributed by atoms with Crippen LogP contribution in [0.1, 0.15) is 25.6 Å². The molecule has 16 heavy (non-hydrogen) atoms. The first kappa shape index (κ1) is 11.6. The van der Waals surface area contributed by atoms with Crippen molar-refractivity contribution in [1.29, 1.82) is 0 Å². The van der Waals surface area contributed by atoms with Gasteiger partial charge in [0.25, 0.3) is 0 Å². The minimum Gasteiger partial charge on any atom is -0.334 e. The van der Waals surface area contributed by atoms with Gasteiger partial charge in [-0.2, -0.15) is 0 Å². The first-order chi connectivity index (χ1) is 7.76. The maximum Gasteiger partial charge on any atom is 0.122 e. The van der Waals surface area contributed by atoms with Gasteiger partial charge >= 0.3 is 0 Å². The van der Waals surface area contributed by atoms with Gasteiger partial charge in [-0.15, -0.1) is 0 Å². The van der Waals surface area contributed by atoms with Crippen LogP contribution < -0.4 is 5.73 Å². The predicted molar refractivity (Wildman–Crippen MR) is 64.9 cm³/mol. The number of hydrogen-bond acceptors (Lipinski definition) is 3. The van der Waals surface area contributed by atoms with E-state index in [1.807, 2.05) is 12.4 Å². The van der Waals surface area contributed by atoms with Gasteiger partial charge < -0.3 is 10.3 Å². The summed E-state index contributed by atoms with van der Waals surface area (Å²) >= 11 is 0. The Bertz CT molecular complexity index is 330. The number of rotatable bonds is 6. The van der Waals surface area contributed by atoms with Crippen LogP contribution >= 0.6 is 0 Å². The molecule has 1 unspecified atom stereocenters. The fourth-order valence-corrected chi connectivity index (χ4v) is 2.33. The SMILES string of the molecule is CCn1ccnc1CN(C)C(CN)C1CC1. The van der Waals surface area contributed by atoms with E-state index < -0.39 is 0 Å². The van der Waals surface area contributed by atoms with E-state index in [-0.39, 0.29) is 0 Å². The lowest BCUT2D eigenvalue weighted by Crippen LogP contribution is -2.39. The number of likely N-dealkylation sites (N-methyl/N-ethyl adjacent to an activating group) is 1. The van der Waals surface area contributed by atoms with Crippen molar-refractivity contribution >= 4 is 0 Å². The third kappa shape index (κ3) is 2.44. The van der Waals surface area contributed by atoms with E-state index in [1.165, 1.54) is 12.8 Å². The number of hydrogen-bond donors (Lipinski definition) is 1. The van der Waals surface area contributed by atoms with E-state index in [9.17, 15) is 0 Å². The zero-order chi connectivity index (χ0) is 11.5. The van der Waals surface area contributed by atoms with Crippen LogP contribution in [0.25, 0.3) is 0 Å². The van der Waals surface area contributed by atoms with E-state index in [4.69, 9.17) is 5.73 Å². The molecule has 1 aromatic heterocycles. The van der Waals surface area contributed by atoms with E-state index in [2.05, 4.69) is 28.4 Å². The summed E-state index contributed by atoms with van der Waals surface area (Å²) in [6.07, 6.45) is 6.60. The Morgan fingerprint density at radius 1 is 1.62 bits per heavy atom. The molecule has 2 N–H and O–H groups in total. The zero-order valence-electron chi connectivity index (χ0n) is 10.3. The number of imidazole rings is 1. The Hall–Kier alpha value is -0.870. The third-order valence-corrected chi connectivity index (χ3v) is 3.51. The van der Waals surface area contributed by atoms with Crippen LogP contribution in [0.15, 0.2) is 12.4 Å². The lowest BCUT2D eigenvalue weighted by atomic mass is 10.1. The molecule has 1 aliphatic carbocycles. The molecule has 1 heterocycles. The minimum absolute atomic E-state index is 0.530. The van der Waals surface area contributed by atoms with Gasteiger partial charge in [0.2, 0.25) is 0 Å². The van der Waals surface area contributed by atoms with Gasteiger partial charge in [-0.05, 0) is 32.7 Å². The van der Waals surface area contributed by atoms with Crippen molar-refractivity contribution in [3.05, 3.63) is 18.2 Å². The molecule has 90 valence electrons. The average molecular weight is 222 g/mol. The summed E-state index contributed by atoms with van der Waals surface area (Å²) in [4.78, 5) is 6.76. The minimum atomic E-state index is 0.530. The molecule has 1 aromatic rings. The van der Waals surface area contributed by atoms with Crippen molar-refractivity contribution < 1.29 is 0 Å². The van der Waals surface area contributed by atoms with Gasteiger partial charge in [0, 0.05) is 31.5 Å². The summed E-state index contributed by atoms with van der Waals surface area (Å²) in [5, 5.41) is 0. The monoisotopic (exact) mass is 222 g/mol. The summed E-state index contributed by atoms with van der Waals surface area (Å²) < 4.78 is 2.19. The fraction of sp³-hybridized carbons (Fsp3) is 0.750. The van der Waals surface area contributed by atoms with E-state index in [0.717, 1.165) is 31.4 Å². The number of aromatic nitrogens is 2. The summed E-state index contributed by atoms with van der Waals surface area (Å²) in [5.41, 5.74) is 5.85. The molecule has 1 aliphatic rings. The van der Waals surface area contributed by atoms with Crippen molar-refractivity contribution in [3.8, 4) is 0 Å². The molecule has 0 aliphatic heterocycles. The van der Waals surface area contributed by atoms with Gasteiger partial charge in [-0.1, -0.05) is 0 Å². The maximum atomic E-state index is 5.85. The standard InChI is InChI=1S/C12H22N4/c1-3-16-7-6-14-12(16)9-15(2)11(8-13)10-4-5-10/h6-7,10-11H,3-5,8-9,13H2,1-2H3. The number of nitrogens with zero attached hydrogens (tertiary/aromatic N) is 3. The van der Waals surface area contributed by atoms with Gasteiger partial charge in [0.05, 0.1) is 6.54 Å². The topological polar surface area (TPSA) is 47.1 Å². The molecule has 1 fully saturated rings. The summed E-state index contributed by atoms with van der Waals surface area (Å²) in [5.74, 6) is 1.96. The van der Waals surface area contributed by atoms with E-state index in [0.29, 0.717) is 6.04 Å². The average Bonchev–Trinajstić information content (AvgIpc) is 3.00. The highest BCUT2D eigenvalue weighted by Gasteiger charge is 2.33. The highest BCUT2D eigenvalue weighted by Crippen LogP contribution is 2.34. The van der Waals surface area contributed by atoms with E-state index >= 15 is 0 Å². The summed E-state index contributed by atoms with van der Waals surface area (Å²) in [6, 6.07) is 0.530. The van der Waals surface area contributed by atoms with E-state index in [1.54, 1.807) is 0 Å². The van der Waals surface area contributed by atoms with Crippen LogP contribution in [-0.4, -0.2) is 34.1 Å². The molecule has 1 saturated carbocycles. The maximum absolute atomic E-state index is 5.85. The molecule has 0 spiro atoms. The Morgan fingerprint density at radius 2 is 2.38 bits per heavy atom. The highest BCUT2D eigenvalue weighted by molar-refractivity contribution is 4.95. The first-order valence-corrected chi connectivity index (χ1v) is 6.16. The normalized spacial score (nSPS) is 18.0. The molecule has 0 bridgehead atoms. The Labute approximate surface area is 97.4 Å². The molecule has 4 heteroatoms. The van der Waals surface area contributed by atoms with Crippen molar-refractivity contribution in [2.75, 3.05) is 13.6 Å². The number of aryl methyl sites for hydroxylation is 1. The van der Waals surface area contributed by atoms with Crippen molar-refractivity contribution in [2.24, 2.45) is 11.7 Å². The van der Waals surface area contributed by atoms with Gasteiger partial charge in [-0.25, -0.2) is 4.98 Å². The second kappa shape index (κ2) is 4.97. The number of nitrogens with two attached hydrogens (primary N) is 1. The summed E-state index contributed by atoms with van der Waals surface area (Å²) in [6.45, 7) is 4.79. The largest absolute Gasteiger partial charge is 0.334 e. The molecule has 4 nitrogen and oxygen atoms in total. The van der Waals surface area contributed by atoms with Gasteiger partial charge in [0.1, 0.15) is 5.82 Å². The molecule has 1 atom stereocenters. The lowest BCUT2D eigenvalue weighted by molar-refractivity contribution is 0.208. The molecule has 0 amide bonds. The van der Waals surface area contributed by atoms with Crippen LogP contribution in [0.3, 0.4) is 0 Å². The smallest absolute Gasteiger partial charge is 0.122 e. The third-order valence-electron chi connectivity index (χ3n) is 3.51. The van der Waals surface area contributed by atoms with Crippen molar-refractivity contribution in [1.82, 2.24) is 14.5 Å². The molecule has 0 aromatic carbocycles. The van der Waals surface area contributed by atoms with Crippen LogP contribution in [0.2, 0.25) is 0 Å². The quantitative estimate of drug-likeness (QED) is 0.783. The van der Waals surface area contributed by atoms with Crippen molar-refractivity contribution in [3.63, 3.8) is 0 Å². The predicted octanol–water partition coefficient (Wildman–Crippen LogP) is 1.07. The van der Waals surface area contributed by atoms with Crippen LogP contribution in [0.5, 0.6) is 0 Å². The molecule has 0 saturated heterocycles. The van der Waals surface area contributed by atoms with Gasteiger partial charge in [0.15, 0.2) is 0 Å². The first-order valence-electron chi connectivity index (χ1n) is 6.16. The molecular formula is C12H22N4. The summed E-state index contributed by atoms with van der Waals surface area (Å²) in [7, 11) is 2.16. The van der Waals surface area contributed by atoms with Crippen molar-refractivity contribution in [2.45, 2.75) is 38.9 Å². The highest BCUT2D eigenvalue weighted by atomic mass is 15.2. The lowest BCUT2D eigenvalue weighted by Gasteiger charge is -2.26. The Kier molecular flexibility index (Phi) is 3.61. The van der Waals surface area contributed by atoms with Crippen LogP contribution in [0, 0.1) is 5.92 Å². The Morgan fingerprint density at radius 3 is 2.94 bits per heavy atom.